The molecule has 23 heavy (non-hydrogen) atoms. The molecule has 0 amide bonds. The first-order chi connectivity index (χ1) is 11.0. The van der Waals surface area contributed by atoms with Crippen molar-refractivity contribution in [2.24, 2.45) is 5.16 Å². The van der Waals surface area contributed by atoms with Gasteiger partial charge in [-0.3, -0.25) is 0 Å². The molecule has 2 nitrogen and oxygen atoms in total. The summed E-state index contributed by atoms with van der Waals surface area (Å²) in [6.45, 7) is 0. The van der Waals surface area contributed by atoms with Gasteiger partial charge >= 0.3 is 6.18 Å². The first kappa shape index (κ1) is 16.8. The fourth-order valence-electron chi connectivity index (χ4n) is 2.14. The van der Waals surface area contributed by atoms with Gasteiger partial charge in [-0.2, -0.15) is 13.2 Å². The molecular weight excluding hydrogens is 303 g/mol. The van der Waals surface area contributed by atoms with E-state index in [1.807, 2.05) is 18.2 Å². The van der Waals surface area contributed by atoms with Gasteiger partial charge in [0, 0.05) is 6.42 Å². The van der Waals surface area contributed by atoms with Crippen LogP contribution in [0.25, 0.3) is 6.08 Å². The van der Waals surface area contributed by atoms with Crippen molar-refractivity contribution < 1.29 is 18.0 Å². The molecular formula is C18H16F3NO. The molecule has 0 unspecified atom stereocenters. The second-order valence-corrected chi connectivity index (χ2v) is 4.78. The summed E-state index contributed by atoms with van der Waals surface area (Å²) in [5.74, 6) is 0. The Morgan fingerprint density at radius 3 is 2.61 bits per heavy atom. The maximum absolute atomic E-state index is 12.9. The quantitative estimate of drug-likeness (QED) is 0.554. The number of benzene rings is 1. The normalized spacial score (nSPS) is 17.2. The number of halogens is 3. The monoisotopic (exact) mass is 319 g/mol. The molecule has 1 aromatic rings. The minimum Gasteiger partial charge on any atom is -0.399 e. The van der Waals surface area contributed by atoms with E-state index < -0.39 is 11.7 Å². The molecule has 1 aliphatic rings. The Morgan fingerprint density at radius 1 is 1.13 bits per heavy atom. The highest BCUT2D eigenvalue weighted by atomic mass is 19.4. The molecule has 0 N–H and O–H groups in total. The molecule has 1 aliphatic carbocycles. The number of hydrogen-bond acceptors (Lipinski definition) is 2. The summed E-state index contributed by atoms with van der Waals surface area (Å²) < 4.78 is 38.7. The van der Waals surface area contributed by atoms with Crippen LogP contribution < -0.4 is 0 Å². The molecule has 0 fully saturated rings. The fourth-order valence-corrected chi connectivity index (χ4v) is 2.14. The van der Waals surface area contributed by atoms with Crippen molar-refractivity contribution in [3.63, 3.8) is 0 Å². The highest BCUT2D eigenvalue weighted by Gasteiger charge is 2.32. The first-order valence-electron chi connectivity index (χ1n) is 7.00. The summed E-state index contributed by atoms with van der Waals surface area (Å²) in [7, 11) is 1.47. The van der Waals surface area contributed by atoms with Crippen LogP contribution in [-0.2, 0) is 11.0 Å². The highest BCUT2D eigenvalue weighted by molar-refractivity contribution is 6.04. The van der Waals surface area contributed by atoms with Crippen molar-refractivity contribution in [2.45, 2.75) is 12.6 Å². The molecule has 120 valence electrons. The second-order valence-electron chi connectivity index (χ2n) is 4.78. The minimum absolute atomic E-state index is 0.132. The van der Waals surface area contributed by atoms with Gasteiger partial charge in [0.15, 0.2) is 0 Å². The number of hydrogen-bond donors (Lipinski definition) is 0. The molecule has 0 saturated heterocycles. The molecule has 0 aromatic heterocycles. The van der Waals surface area contributed by atoms with Crippen LogP contribution in [-0.4, -0.2) is 12.8 Å². The van der Waals surface area contributed by atoms with E-state index >= 15 is 0 Å². The van der Waals surface area contributed by atoms with E-state index in [4.69, 9.17) is 4.84 Å². The Bertz CT molecular complexity index is 694. The van der Waals surface area contributed by atoms with Gasteiger partial charge in [-0.05, 0) is 17.2 Å². The first-order valence-corrected chi connectivity index (χ1v) is 7.00. The van der Waals surface area contributed by atoms with Gasteiger partial charge in [-0.25, -0.2) is 0 Å². The van der Waals surface area contributed by atoms with Crippen LogP contribution in [0.15, 0.2) is 71.5 Å². The summed E-state index contributed by atoms with van der Waals surface area (Å²) in [6, 6.07) is 5.47. The second kappa shape index (κ2) is 7.63. The van der Waals surface area contributed by atoms with E-state index in [0.717, 1.165) is 17.4 Å². The Kier molecular flexibility index (Phi) is 5.57. The van der Waals surface area contributed by atoms with Crippen molar-refractivity contribution >= 4 is 11.8 Å². The minimum atomic E-state index is -4.36. The number of rotatable bonds is 4. The highest BCUT2D eigenvalue weighted by Crippen LogP contribution is 2.32. The lowest BCUT2D eigenvalue weighted by molar-refractivity contribution is -0.137. The predicted octanol–water partition coefficient (Wildman–Crippen LogP) is 5.16. The smallest absolute Gasteiger partial charge is 0.399 e. The largest absolute Gasteiger partial charge is 0.416 e. The van der Waals surface area contributed by atoms with Crippen LogP contribution in [0.3, 0.4) is 0 Å². The molecule has 0 aliphatic heterocycles. The number of alkyl halides is 3. The summed E-state index contributed by atoms with van der Waals surface area (Å²) in [5, 5.41) is 3.92. The third-order valence-corrected chi connectivity index (χ3v) is 3.19. The molecule has 5 heteroatoms. The van der Waals surface area contributed by atoms with Crippen LogP contribution in [0.4, 0.5) is 13.2 Å². The lowest BCUT2D eigenvalue weighted by Crippen LogP contribution is -2.06. The topological polar surface area (TPSA) is 21.6 Å². The maximum atomic E-state index is 12.9. The zero-order valence-corrected chi connectivity index (χ0v) is 12.5. The summed E-state index contributed by atoms with van der Waals surface area (Å²) in [5.41, 5.74) is 1.12. The summed E-state index contributed by atoms with van der Waals surface area (Å²) in [4.78, 5) is 4.78. The average Bonchev–Trinajstić information content (AvgIpc) is 2.53. The molecule has 0 radical (unpaired) electrons. The average molecular weight is 319 g/mol. The van der Waals surface area contributed by atoms with E-state index in [2.05, 4.69) is 5.16 Å². The number of nitrogens with zero attached hydrogens (tertiary/aromatic N) is 1. The van der Waals surface area contributed by atoms with Gasteiger partial charge in [0.25, 0.3) is 0 Å². The van der Waals surface area contributed by atoms with E-state index in [-0.39, 0.29) is 5.56 Å². The van der Waals surface area contributed by atoms with Gasteiger partial charge in [0.1, 0.15) is 7.11 Å². The van der Waals surface area contributed by atoms with Gasteiger partial charge in [-0.15, -0.1) is 0 Å². The third-order valence-electron chi connectivity index (χ3n) is 3.19. The van der Waals surface area contributed by atoms with Gasteiger partial charge in [0.05, 0.1) is 11.3 Å². The van der Waals surface area contributed by atoms with Crippen molar-refractivity contribution in [1.29, 1.82) is 0 Å². The Morgan fingerprint density at radius 2 is 1.87 bits per heavy atom. The molecule has 2 rings (SSSR count). The Balaban J connectivity index is 2.15. The van der Waals surface area contributed by atoms with E-state index in [9.17, 15) is 13.2 Å². The Hall–Kier alpha value is -2.56. The van der Waals surface area contributed by atoms with Crippen LogP contribution in [0, 0.1) is 0 Å². The molecule has 0 heterocycles. The lowest BCUT2D eigenvalue weighted by atomic mass is 10.0. The number of oxime groups is 1. The molecule has 0 atom stereocenters. The maximum Gasteiger partial charge on any atom is 0.416 e. The molecule has 0 saturated carbocycles. The predicted molar refractivity (Wildman–Crippen MR) is 85.9 cm³/mol. The van der Waals surface area contributed by atoms with Crippen molar-refractivity contribution in [3.05, 3.63) is 77.4 Å². The van der Waals surface area contributed by atoms with Gasteiger partial charge < -0.3 is 4.84 Å². The fraction of sp³-hybridized carbons (Fsp3) is 0.167. The van der Waals surface area contributed by atoms with Crippen molar-refractivity contribution in [2.75, 3.05) is 7.11 Å². The Labute approximate surface area is 133 Å². The van der Waals surface area contributed by atoms with Crippen LogP contribution in [0.1, 0.15) is 17.5 Å². The van der Waals surface area contributed by atoms with E-state index in [0.29, 0.717) is 6.42 Å². The van der Waals surface area contributed by atoms with Crippen LogP contribution in [0.2, 0.25) is 0 Å². The lowest BCUT2D eigenvalue weighted by Gasteiger charge is -2.09. The third kappa shape index (κ3) is 4.71. The molecule has 0 bridgehead atoms. The van der Waals surface area contributed by atoms with E-state index in [1.165, 1.54) is 25.3 Å². The van der Waals surface area contributed by atoms with Crippen LogP contribution in [0.5, 0.6) is 0 Å². The summed E-state index contributed by atoms with van der Waals surface area (Å²) in [6.07, 6.45) is 8.50. The summed E-state index contributed by atoms with van der Waals surface area (Å²) >= 11 is 0. The van der Waals surface area contributed by atoms with Gasteiger partial charge in [-0.1, -0.05) is 65.9 Å². The zero-order valence-electron chi connectivity index (χ0n) is 12.5. The SMILES string of the molecule is CO/N=C1\CC=CC=C1/C=C/C=Cc1ccccc1C(F)(F)F. The van der Waals surface area contributed by atoms with Crippen molar-refractivity contribution in [3.8, 4) is 0 Å². The van der Waals surface area contributed by atoms with Crippen LogP contribution >= 0.6 is 0 Å². The number of allylic oxidation sites excluding steroid dienone is 7. The van der Waals surface area contributed by atoms with Gasteiger partial charge in [0.2, 0.25) is 0 Å². The molecule has 1 aromatic carbocycles. The van der Waals surface area contributed by atoms with E-state index in [1.54, 1.807) is 24.3 Å². The van der Waals surface area contributed by atoms with Crippen molar-refractivity contribution in [1.82, 2.24) is 0 Å². The standard InChI is InChI=1S/C18H16F3NO/c1-23-22-17-13-7-5-11-15(17)10-3-2-8-14-9-4-6-12-16(14)18(19,20)21/h2-12H,13H2,1H3/b8-2?,10-3+,22-17+. The zero-order chi connectivity index (χ0) is 16.7. The molecule has 0 spiro atoms.